The van der Waals surface area contributed by atoms with E-state index in [2.05, 4.69) is 42.7 Å². The summed E-state index contributed by atoms with van der Waals surface area (Å²) >= 11 is 2.06. The SMILES string of the molecule is CCSCCN(CC(C)C)CC1CCCN1. The number of thioether (sulfide) groups is 1. The van der Waals surface area contributed by atoms with Gasteiger partial charge >= 0.3 is 0 Å². The van der Waals surface area contributed by atoms with Crippen LogP contribution in [0.5, 0.6) is 0 Å². The largest absolute Gasteiger partial charge is 0.313 e. The van der Waals surface area contributed by atoms with Gasteiger partial charge in [-0.1, -0.05) is 20.8 Å². The van der Waals surface area contributed by atoms with Gasteiger partial charge in [-0.15, -0.1) is 0 Å². The van der Waals surface area contributed by atoms with Crippen molar-refractivity contribution in [1.29, 1.82) is 0 Å². The van der Waals surface area contributed by atoms with Crippen LogP contribution in [0.25, 0.3) is 0 Å². The van der Waals surface area contributed by atoms with Crippen molar-refractivity contribution in [3.8, 4) is 0 Å². The number of hydrogen-bond acceptors (Lipinski definition) is 3. The molecule has 0 saturated carbocycles. The summed E-state index contributed by atoms with van der Waals surface area (Å²) in [6.45, 7) is 11.9. The molecular formula is C13H28N2S. The maximum atomic E-state index is 3.60. The third-order valence-electron chi connectivity index (χ3n) is 3.02. The van der Waals surface area contributed by atoms with Gasteiger partial charge in [-0.2, -0.15) is 11.8 Å². The van der Waals surface area contributed by atoms with Crippen LogP contribution in [0.3, 0.4) is 0 Å². The maximum Gasteiger partial charge on any atom is 0.0195 e. The van der Waals surface area contributed by atoms with Crippen LogP contribution >= 0.6 is 11.8 Å². The first-order valence-corrected chi connectivity index (χ1v) is 7.91. The highest BCUT2D eigenvalue weighted by Gasteiger charge is 2.18. The summed E-state index contributed by atoms with van der Waals surface area (Å²) in [7, 11) is 0. The van der Waals surface area contributed by atoms with Gasteiger partial charge in [0.1, 0.15) is 0 Å². The Balaban J connectivity index is 2.24. The molecule has 1 heterocycles. The number of nitrogens with zero attached hydrogens (tertiary/aromatic N) is 1. The van der Waals surface area contributed by atoms with Gasteiger partial charge in [-0.3, -0.25) is 0 Å². The molecule has 0 aromatic carbocycles. The Bertz CT molecular complexity index is 167. The minimum absolute atomic E-state index is 0.755. The lowest BCUT2D eigenvalue weighted by Crippen LogP contribution is -2.40. The van der Waals surface area contributed by atoms with Gasteiger partial charge in [0.2, 0.25) is 0 Å². The fraction of sp³-hybridized carbons (Fsp3) is 1.00. The van der Waals surface area contributed by atoms with Crippen LogP contribution in [0.15, 0.2) is 0 Å². The molecule has 1 aliphatic heterocycles. The van der Waals surface area contributed by atoms with Crippen molar-refractivity contribution >= 4 is 11.8 Å². The zero-order valence-electron chi connectivity index (χ0n) is 11.2. The molecule has 0 amide bonds. The third-order valence-corrected chi connectivity index (χ3v) is 3.90. The average Bonchev–Trinajstić information content (AvgIpc) is 2.69. The molecule has 1 N–H and O–H groups in total. The Morgan fingerprint density at radius 1 is 1.44 bits per heavy atom. The van der Waals surface area contributed by atoms with Crippen molar-refractivity contribution in [1.82, 2.24) is 10.2 Å². The van der Waals surface area contributed by atoms with E-state index in [1.807, 2.05) is 0 Å². The van der Waals surface area contributed by atoms with E-state index in [0.29, 0.717) is 0 Å². The molecule has 0 radical (unpaired) electrons. The number of rotatable bonds is 8. The predicted octanol–water partition coefficient (Wildman–Crippen LogP) is 2.45. The second kappa shape index (κ2) is 8.37. The van der Waals surface area contributed by atoms with Gasteiger partial charge in [0.05, 0.1) is 0 Å². The second-order valence-electron chi connectivity index (χ2n) is 5.14. The summed E-state index contributed by atoms with van der Waals surface area (Å²) in [5.41, 5.74) is 0. The highest BCUT2D eigenvalue weighted by molar-refractivity contribution is 7.99. The Kier molecular flexibility index (Phi) is 7.50. The van der Waals surface area contributed by atoms with Gasteiger partial charge in [0, 0.05) is 31.4 Å². The number of hydrogen-bond donors (Lipinski definition) is 1. The molecule has 3 heteroatoms. The zero-order chi connectivity index (χ0) is 11.8. The van der Waals surface area contributed by atoms with Crippen LogP contribution in [-0.4, -0.2) is 48.6 Å². The monoisotopic (exact) mass is 244 g/mol. The van der Waals surface area contributed by atoms with Gasteiger partial charge in [0.15, 0.2) is 0 Å². The minimum Gasteiger partial charge on any atom is -0.313 e. The fourth-order valence-corrected chi connectivity index (χ4v) is 3.01. The summed E-state index contributed by atoms with van der Waals surface area (Å²) in [4.78, 5) is 2.65. The first kappa shape index (κ1) is 14.3. The highest BCUT2D eigenvalue weighted by atomic mass is 32.2. The van der Waals surface area contributed by atoms with Crippen LogP contribution < -0.4 is 5.32 Å². The smallest absolute Gasteiger partial charge is 0.0195 e. The number of nitrogens with one attached hydrogen (secondary N) is 1. The molecule has 16 heavy (non-hydrogen) atoms. The Morgan fingerprint density at radius 3 is 2.81 bits per heavy atom. The van der Waals surface area contributed by atoms with Crippen molar-refractivity contribution in [2.24, 2.45) is 5.92 Å². The molecular weight excluding hydrogens is 216 g/mol. The van der Waals surface area contributed by atoms with Crippen LogP contribution in [0, 0.1) is 5.92 Å². The highest BCUT2D eigenvalue weighted by Crippen LogP contribution is 2.10. The van der Waals surface area contributed by atoms with E-state index in [-0.39, 0.29) is 0 Å². The molecule has 1 atom stereocenters. The first-order chi connectivity index (χ1) is 7.72. The molecule has 0 bridgehead atoms. The van der Waals surface area contributed by atoms with E-state index in [0.717, 1.165) is 12.0 Å². The topological polar surface area (TPSA) is 15.3 Å². The van der Waals surface area contributed by atoms with E-state index in [1.54, 1.807) is 0 Å². The predicted molar refractivity (Wildman–Crippen MR) is 75.3 cm³/mol. The van der Waals surface area contributed by atoms with E-state index >= 15 is 0 Å². The maximum absolute atomic E-state index is 3.60. The van der Waals surface area contributed by atoms with Crippen molar-refractivity contribution in [3.05, 3.63) is 0 Å². The summed E-state index contributed by atoms with van der Waals surface area (Å²) in [5.74, 6) is 3.32. The van der Waals surface area contributed by atoms with Gasteiger partial charge in [-0.05, 0) is 31.1 Å². The molecule has 1 aliphatic rings. The van der Waals surface area contributed by atoms with Crippen molar-refractivity contribution in [2.75, 3.05) is 37.7 Å². The molecule has 1 saturated heterocycles. The molecule has 1 rings (SSSR count). The van der Waals surface area contributed by atoms with Crippen LogP contribution in [0.4, 0.5) is 0 Å². The van der Waals surface area contributed by atoms with Gasteiger partial charge < -0.3 is 10.2 Å². The molecule has 96 valence electrons. The third kappa shape index (κ3) is 6.12. The van der Waals surface area contributed by atoms with Gasteiger partial charge in [-0.25, -0.2) is 0 Å². The molecule has 2 nitrogen and oxygen atoms in total. The molecule has 0 aliphatic carbocycles. The standard InChI is InChI=1S/C13H28N2S/c1-4-16-9-8-15(10-12(2)3)11-13-6-5-7-14-13/h12-14H,4-11H2,1-3H3. The van der Waals surface area contributed by atoms with Crippen molar-refractivity contribution in [2.45, 2.75) is 39.7 Å². The first-order valence-electron chi connectivity index (χ1n) is 6.75. The Morgan fingerprint density at radius 2 is 2.25 bits per heavy atom. The van der Waals surface area contributed by atoms with E-state index in [9.17, 15) is 0 Å². The van der Waals surface area contributed by atoms with Crippen molar-refractivity contribution in [3.63, 3.8) is 0 Å². The van der Waals surface area contributed by atoms with Crippen LogP contribution in [0.1, 0.15) is 33.6 Å². The normalized spacial score (nSPS) is 21.2. The molecule has 1 unspecified atom stereocenters. The quantitative estimate of drug-likeness (QED) is 0.660. The molecule has 0 aromatic heterocycles. The van der Waals surface area contributed by atoms with E-state index < -0.39 is 0 Å². The Labute approximate surface area is 106 Å². The van der Waals surface area contributed by atoms with Crippen molar-refractivity contribution < 1.29 is 0 Å². The lowest BCUT2D eigenvalue weighted by molar-refractivity contribution is 0.236. The lowest BCUT2D eigenvalue weighted by Gasteiger charge is -2.27. The molecule has 0 spiro atoms. The van der Waals surface area contributed by atoms with Crippen LogP contribution in [0.2, 0.25) is 0 Å². The summed E-state index contributed by atoms with van der Waals surface area (Å²) in [5, 5.41) is 3.60. The molecule has 1 fully saturated rings. The fourth-order valence-electron chi connectivity index (χ4n) is 2.34. The van der Waals surface area contributed by atoms with Gasteiger partial charge in [0.25, 0.3) is 0 Å². The second-order valence-corrected chi connectivity index (χ2v) is 6.54. The van der Waals surface area contributed by atoms with E-state index in [1.165, 1.54) is 50.5 Å². The minimum atomic E-state index is 0.755. The Hall–Kier alpha value is 0.270. The van der Waals surface area contributed by atoms with E-state index in [4.69, 9.17) is 0 Å². The lowest BCUT2D eigenvalue weighted by atomic mass is 10.1. The summed E-state index contributed by atoms with van der Waals surface area (Å²) in [6, 6.07) is 0.755. The zero-order valence-corrected chi connectivity index (χ0v) is 12.0. The average molecular weight is 244 g/mol. The summed E-state index contributed by atoms with van der Waals surface area (Å²) < 4.78 is 0. The summed E-state index contributed by atoms with van der Waals surface area (Å²) in [6.07, 6.45) is 2.74. The van der Waals surface area contributed by atoms with Crippen LogP contribution in [-0.2, 0) is 0 Å². The molecule has 0 aromatic rings.